The van der Waals surface area contributed by atoms with Crippen molar-refractivity contribution in [1.82, 2.24) is 19.5 Å². The standard InChI is InChI=1S/C51H32N4/c1-3-13-33(14-4-1)34-23-25-36(26-24-34)50-52-49(35-15-5-2-6-16-35)53-51(54-50)37-27-30-48-46(31-37)44-21-11-12-22-47(44)55(48)38-28-29-43-41-19-8-7-17-39(41)40-18-9-10-20-42(40)45(43)32-38/h1-32H. The van der Waals surface area contributed by atoms with Crippen molar-refractivity contribution in [2.75, 3.05) is 0 Å². The SMILES string of the molecule is c1ccc(-c2ccc(-c3nc(-c4ccccc4)nc(-c4ccc5c(c4)c4ccccc4n5-c4ccc5c6ccccc6c6ccccc6c5c4)n3)cc2)cc1. The second-order valence-electron chi connectivity index (χ2n) is 14.0. The molecule has 4 heteroatoms. The van der Waals surface area contributed by atoms with Gasteiger partial charge >= 0.3 is 0 Å². The highest BCUT2D eigenvalue weighted by molar-refractivity contribution is 6.25. The average molecular weight is 701 g/mol. The molecule has 2 aromatic heterocycles. The zero-order chi connectivity index (χ0) is 36.3. The molecule has 9 aromatic carbocycles. The lowest BCUT2D eigenvalue weighted by Crippen LogP contribution is -2.00. The van der Waals surface area contributed by atoms with Crippen LogP contribution in [0.2, 0.25) is 0 Å². The Kier molecular flexibility index (Phi) is 7.14. The molecule has 11 aromatic rings. The number of rotatable bonds is 5. The highest BCUT2D eigenvalue weighted by atomic mass is 15.0. The summed E-state index contributed by atoms with van der Waals surface area (Å²) < 4.78 is 2.39. The van der Waals surface area contributed by atoms with Gasteiger partial charge in [0.25, 0.3) is 0 Å². The summed E-state index contributed by atoms with van der Waals surface area (Å²) in [4.78, 5) is 15.2. The maximum atomic E-state index is 5.11. The number of hydrogen-bond donors (Lipinski definition) is 0. The maximum absolute atomic E-state index is 5.11. The van der Waals surface area contributed by atoms with Crippen LogP contribution in [0.25, 0.3) is 105 Å². The maximum Gasteiger partial charge on any atom is 0.164 e. The number of benzene rings is 9. The molecule has 0 spiro atoms. The molecule has 0 fully saturated rings. The number of aromatic nitrogens is 4. The lowest BCUT2D eigenvalue weighted by molar-refractivity contribution is 1.07. The molecule has 0 radical (unpaired) electrons. The molecule has 0 N–H and O–H groups in total. The smallest absolute Gasteiger partial charge is 0.164 e. The van der Waals surface area contributed by atoms with Crippen molar-refractivity contribution >= 4 is 54.1 Å². The van der Waals surface area contributed by atoms with Gasteiger partial charge in [-0.1, -0.05) is 158 Å². The van der Waals surface area contributed by atoms with E-state index in [4.69, 9.17) is 15.0 Å². The van der Waals surface area contributed by atoms with Crippen molar-refractivity contribution in [1.29, 1.82) is 0 Å². The lowest BCUT2D eigenvalue weighted by Gasteiger charge is -2.14. The second kappa shape index (κ2) is 12.6. The molecule has 4 nitrogen and oxygen atoms in total. The summed E-state index contributed by atoms with van der Waals surface area (Å²) in [5.74, 6) is 1.92. The van der Waals surface area contributed by atoms with Gasteiger partial charge in [0.2, 0.25) is 0 Å². The molecule has 0 aliphatic heterocycles. The fourth-order valence-electron chi connectivity index (χ4n) is 8.22. The first kappa shape index (κ1) is 31.1. The minimum atomic E-state index is 0.638. The third-order valence-electron chi connectivity index (χ3n) is 10.8. The van der Waals surface area contributed by atoms with Crippen molar-refractivity contribution in [3.63, 3.8) is 0 Å². The second-order valence-corrected chi connectivity index (χ2v) is 14.0. The fourth-order valence-corrected chi connectivity index (χ4v) is 8.22. The van der Waals surface area contributed by atoms with Crippen LogP contribution in [0.1, 0.15) is 0 Å². The van der Waals surface area contributed by atoms with Crippen molar-refractivity contribution < 1.29 is 0 Å². The van der Waals surface area contributed by atoms with Crippen LogP contribution in [0.3, 0.4) is 0 Å². The molecule has 2 heterocycles. The van der Waals surface area contributed by atoms with Crippen LogP contribution in [0.15, 0.2) is 194 Å². The zero-order valence-corrected chi connectivity index (χ0v) is 29.8. The third-order valence-corrected chi connectivity index (χ3v) is 10.8. The van der Waals surface area contributed by atoms with Gasteiger partial charge in [-0.15, -0.1) is 0 Å². The Morgan fingerprint density at radius 1 is 0.255 bits per heavy atom. The Bertz CT molecular complexity index is 3200. The van der Waals surface area contributed by atoms with E-state index in [0.717, 1.165) is 44.4 Å². The molecule has 0 bridgehead atoms. The first-order valence-corrected chi connectivity index (χ1v) is 18.6. The summed E-state index contributed by atoms with van der Waals surface area (Å²) in [5, 5.41) is 9.91. The van der Waals surface area contributed by atoms with Crippen molar-refractivity contribution in [3.8, 4) is 51.0 Å². The van der Waals surface area contributed by atoms with Gasteiger partial charge in [0.05, 0.1) is 11.0 Å². The third kappa shape index (κ3) is 5.19. The Balaban J connectivity index is 1.08. The fraction of sp³-hybridized carbons (Fsp3) is 0. The number of nitrogens with zero attached hydrogens (tertiary/aromatic N) is 4. The molecule has 0 amide bonds. The number of fused-ring (bicyclic) bond motifs is 9. The topological polar surface area (TPSA) is 43.6 Å². The summed E-state index contributed by atoms with van der Waals surface area (Å²) in [5.41, 5.74) is 8.55. The first-order chi connectivity index (χ1) is 27.3. The molecular formula is C51H32N4. The van der Waals surface area contributed by atoms with Gasteiger partial charge in [-0.2, -0.15) is 0 Å². The molecule has 11 rings (SSSR count). The van der Waals surface area contributed by atoms with E-state index in [1.807, 2.05) is 36.4 Å². The van der Waals surface area contributed by atoms with Gasteiger partial charge in [0.1, 0.15) is 0 Å². The van der Waals surface area contributed by atoms with Crippen LogP contribution < -0.4 is 0 Å². The van der Waals surface area contributed by atoms with E-state index in [9.17, 15) is 0 Å². The van der Waals surface area contributed by atoms with Crippen molar-refractivity contribution in [3.05, 3.63) is 194 Å². The summed E-state index contributed by atoms with van der Waals surface area (Å²) in [6.07, 6.45) is 0. The predicted molar refractivity (Wildman–Crippen MR) is 228 cm³/mol. The Labute approximate surface area is 317 Å². The highest BCUT2D eigenvalue weighted by Gasteiger charge is 2.18. The van der Waals surface area contributed by atoms with Crippen LogP contribution in [0.5, 0.6) is 0 Å². The monoisotopic (exact) mass is 700 g/mol. The zero-order valence-electron chi connectivity index (χ0n) is 29.8. The molecule has 55 heavy (non-hydrogen) atoms. The molecule has 0 unspecified atom stereocenters. The van der Waals surface area contributed by atoms with E-state index in [2.05, 4.69) is 162 Å². The lowest BCUT2D eigenvalue weighted by atomic mass is 9.94. The van der Waals surface area contributed by atoms with Gasteiger partial charge in [0.15, 0.2) is 17.5 Å². The Hall–Kier alpha value is -7.43. The van der Waals surface area contributed by atoms with Crippen LogP contribution in [-0.2, 0) is 0 Å². The van der Waals surface area contributed by atoms with E-state index in [1.165, 1.54) is 43.3 Å². The van der Waals surface area contributed by atoms with E-state index in [-0.39, 0.29) is 0 Å². The summed E-state index contributed by atoms with van der Waals surface area (Å²) in [6, 6.07) is 68.7. The summed E-state index contributed by atoms with van der Waals surface area (Å²) >= 11 is 0. The van der Waals surface area contributed by atoms with Crippen LogP contribution in [-0.4, -0.2) is 19.5 Å². The predicted octanol–water partition coefficient (Wildman–Crippen LogP) is 13.1. The van der Waals surface area contributed by atoms with E-state index in [0.29, 0.717) is 17.5 Å². The molecule has 0 atom stereocenters. The Morgan fingerprint density at radius 3 is 1.31 bits per heavy atom. The minimum absolute atomic E-state index is 0.638. The minimum Gasteiger partial charge on any atom is -0.309 e. The van der Waals surface area contributed by atoms with E-state index in [1.54, 1.807) is 0 Å². The van der Waals surface area contributed by atoms with Gasteiger partial charge in [-0.05, 0) is 79.8 Å². The van der Waals surface area contributed by atoms with Gasteiger partial charge in [-0.25, -0.2) is 15.0 Å². The number of para-hydroxylation sites is 1. The van der Waals surface area contributed by atoms with Crippen molar-refractivity contribution in [2.45, 2.75) is 0 Å². The molecule has 0 aliphatic rings. The van der Waals surface area contributed by atoms with Crippen molar-refractivity contribution in [2.24, 2.45) is 0 Å². The Morgan fingerprint density at radius 2 is 0.673 bits per heavy atom. The van der Waals surface area contributed by atoms with E-state index >= 15 is 0 Å². The molecule has 0 saturated heterocycles. The quantitative estimate of drug-likeness (QED) is 0.168. The van der Waals surface area contributed by atoms with Gasteiger partial charge < -0.3 is 4.57 Å². The average Bonchev–Trinajstić information content (AvgIpc) is 3.60. The largest absolute Gasteiger partial charge is 0.309 e. The van der Waals surface area contributed by atoms with Gasteiger partial charge in [-0.3, -0.25) is 0 Å². The first-order valence-electron chi connectivity index (χ1n) is 18.6. The summed E-state index contributed by atoms with van der Waals surface area (Å²) in [6.45, 7) is 0. The van der Waals surface area contributed by atoms with Crippen LogP contribution in [0, 0.1) is 0 Å². The van der Waals surface area contributed by atoms with Gasteiger partial charge in [0, 0.05) is 33.2 Å². The van der Waals surface area contributed by atoms with Crippen LogP contribution >= 0.6 is 0 Å². The molecule has 0 saturated carbocycles. The summed E-state index contributed by atoms with van der Waals surface area (Å²) in [7, 11) is 0. The van der Waals surface area contributed by atoms with Crippen LogP contribution in [0.4, 0.5) is 0 Å². The number of hydrogen-bond acceptors (Lipinski definition) is 3. The molecule has 256 valence electrons. The molecular weight excluding hydrogens is 669 g/mol. The normalized spacial score (nSPS) is 11.6. The van der Waals surface area contributed by atoms with E-state index < -0.39 is 0 Å². The highest BCUT2D eigenvalue weighted by Crippen LogP contribution is 2.39. The molecule has 0 aliphatic carbocycles.